The van der Waals surface area contributed by atoms with Crippen LogP contribution in [0.1, 0.15) is 16.9 Å². The molecule has 2 heterocycles. The third kappa shape index (κ3) is 3.57. The van der Waals surface area contributed by atoms with E-state index < -0.39 is 12.1 Å². The summed E-state index contributed by atoms with van der Waals surface area (Å²) >= 11 is 0. The minimum Gasteiger partial charge on any atom is -0.481 e. The van der Waals surface area contributed by atoms with Gasteiger partial charge >= 0.3 is 5.97 Å². The smallest absolute Gasteiger partial charge is 0.306 e. The van der Waals surface area contributed by atoms with E-state index in [0.29, 0.717) is 24.5 Å². The number of H-pyrrole nitrogens is 1. The van der Waals surface area contributed by atoms with Crippen LogP contribution in [-0.2, 0) is 9.53 Å². The molecule has 1 aromatic carbocycles. The number of carboxylic acid groups (broad SMARTS) is 1. The highest BCUT2D eigenvalue weighted by Gasteiger charge is 2.27. The van der Waals surface area contributed by atoms with Crippen molar-refractivity contribution in [2.24, 2.45) is 0 Å². The van der Waals surface area contributed by atoms with Gasteiger partial charge in [0.2, 0.25) is 0 Å². The highest BCUT2D eigenvalue weighted by Crippen LogP contribution is 2.18. The van der Waals surface area contributed by atoms with Crippen LogP contribution in [0.4, 0.5) is 0 Å². The van der Waals surface area contributed by atoms with Gasteiger partial charge in [0.1, 0.15) is 5.69 Å². The number of ether oxygens (including phenoxy) is 1. The SMILES string of the molecule is O=C(O)C[C@@H]1CN(C(=O)c2cc(-c3ccccc3)n[nH]2)CCO1. The molecule has 1 fully saturated rings. The summed E-state index contributed by atoms with van der Waals surface area (Å²) in [6, 6.07) is 11.3. The summed E-state index contributed by atoms with van der Waals surface area (Å²) in [4.78, 5) is 24.9. The Morgan fingerprint density at radius 3 is 2.87 bits per heavy atom. The van der Waals surface area contributed by atoms with Gasteiger partial charge in [-0.2, -0.15) is 5.10 Å². The van der Waals surface area contributed by atoms with Crippen molar-refractivity contribution in [1.29, 1.82) is 0 Å². The van der Waals surface area contributed by atoms with E-state index >= 15 is 0 Å². The fourth-order valence-corrected chi connectivity index (χ4v) is 2.58. The van der Waals surface area contributed by atoms with Crippen molar-refractivity contribution in [3.63, 3.8) is 0 Å². The van der Waals surface area contributed by atoms with Crippen LogP contribution in [-0.4, -0.2) is 57.9 Å². The summed E-state index contributed by atoms with van der Waals surface area (Å²) in [5, 5.41) is 15.8. The molecular weight excluding hydrogens is 298 g/mol. The van der Waals surface area contributed by atoms with Gasteiger partial charge in [-0.05, 0) is 6.07 Å². The molecule has 2 N–H and O–H groups in total. The molecule has 120 valence electrons. The van der Waals surface area contributed by atoms with Crippen LogP contribution < -0.4 is 0 Å². The van der Waals surface area contributed by atoms with E-state index in [1.807, 2.05) is 30.3 Å². The van der Waals surface area contributed by atoms with Crippen molar-refractivity contribution in [3.8, 4) is 11.3 Å². The van der Waals surface area contributed by atoms with Crippen molar-refractivity contribution >= 4 is 11.9 Å². The Morgan fingerprint density at radius 1 is 1.35 bits per heavy atom. The third-order valence-electron chi connectivity index (χ3n) is 3.71. The van der Waals surface area contributed by atoms with Gasteiger partial charge in [-0.25, -0.2) is 0 Å². The van der Waals surface area contributed by atoms with E-state index in [0.717, 1.165) is 5.56 Å². The molecule has 0 unspecified atom stereocenters. The lowest BCUT2D eigenvalue weighted by molar-refractivity contribution is -0.141. The average Bonchev–Trinajstić information content (AvgIpc) is 3.04. The van der Waals surface area contributed by atoms with Crippen LogP contribution in [0.25, 0.3) is 11.3 Å². The number of aromatic nitrogens is 2. The van der Waals surface area contributed by atoms with Crippen molar-refractivity contribution < 1.29 is 19.4 Å². The number of rotatable bonds is 4. The van der Waals surface area contributed by atoms with Gasteiger partial charge in [0.25, 0.3) is 5.91 Å². The molecule has 1 aliphatic heterocycles. The Labute approximate surface area is 132 Å². The number of hydrogen-bond donors (Lipinski definition) is 2. The molecule has 3 rings (SSSR count). The fraction of sp³-hybridized carbons (Fsp3) is 0.312. The molecule has 0 spiro atoms. The molecule has 7 heteroatoms. The average molecular weight is 315 g/mol. The second kappa shape index (κ2) is 6.62. The maximum Gasteiger partial charge on any atom is 0.306 e. The number of amides is 1. The van der Waals surface area contributed by atoms with E-state index in [4.69, 9.17) is 9.84 Å². The van der Waals surface area contributed by atoms with E-state index in [-0.39, 0.29) is 18.9 Å². The molecule has 1 aromatic heterocycles. The number of aliphatic carboxylic acids is 1. The van der Waals surface area contributed by atoms with Gasteiger partial charge in [-0.3, -0.25) is 14.7 Å². The minimum atomic E-state index is -0.933. The van der Waals surface area contributed by atoms with E-state index in [9.17, 15) is 9.59 Å². The summed E-state index contributed by atoms with van der Waals surface area (Å²) in [5.74, 6) is -1.13. The fourth-order valence-electron chi connectivity index (χ4n) is 2.58. The van der Waals surface area contributed by atoms with Crippen molar-refractivity contribution in [1.82, 2.24) is 15.1 Å². The predicted molar refractivity (Wildman–Crippen MR) is 81.9 cm³/mol. The Balaban J connectivity index is 1.71. The lowest BCUT2D eigenvalue weighted by atomic mass is 10.1. The van der Waals surface area contributed by atoms with Crippen molar-refractivity contribution in [2.75, 3.05) is 19.7 Å². The normalized spacial score (nSPS) is 17.9. The van der Waals surface area contributed by atoms with Gasteiger partial charge in [0.15, 0.2) is 0 Å². The molecular formula is C16H17N3O4. The van der Waals surface area contributed by atoms with Crippen molar-refractivity contribution in [2.45, 2.75) is 12.5 Å². The van der Waals surface area contributed by atoms with Gasteiger partial charge in [0.05, 0.1) is 24.8 Å². The topological polar surface area (TPSA) is 95.5 Å². The summed E-state index contributed by atoms with van der Waals surface area (Å²) < 4.78 is 5.38. The third-order valence-corrected chi connectivity index (χ3v) is 3.71. The first kappa shape index (κ1) is 15.2. The molecule has 1 saturated heterocycles. The van der Waals surface area contributed by atoms with Crippen LogP contribution >= 0.6 is 0 Å². The number of carbonyl (C=O) groups is 2. The standard InChI is InChI=1S/C16H17N3O4/c20-15(21)8-12-10-19(6-7-23-12)16(22)14-9-13(17-18-14)11-4-2-1-3-5-11/h1-5,9,12H,6-8,10H2,(H,17,18)(H,20,21)/t12-/m1/s1. The van der Waals surface area contributed by atoms with Crippen LogP contribution in [0.5, 0.6) is 0 Å². The Hall–Kier alpha value is -2.67. The summed E-state index contributed by atoms with van der Waals surface area (Å²) in [6.45, 7) is 1.04. The number of hydrogen-bond acceptors (Lipinski definition) is 4. The van der Waals surface area contributed by atoms with E-state index in [2.05, 4.69) is 10.2 Å². The lowest BCUT2D eigenvalue weighted by Gasteiger charge is -2.31. The molecule has 0 bridgehead atoms. The number of benzene rings is 1. The lowest BCUT2D eigenvalue weighted by Crippen LogP contribution is -2.46. The predicted octanol–water partition coefficient (Wildman–Crippen LogP) is 1.39. The molecule has 0 saturated carbocycles. The number of nitrogens with one attached hydrogen (secondary N) is 1. The highest BCUT2D eigenvalue weighted by molar-refractivity contribution is 5.93. The zero-order valence-corrected chi connectivity index (χ0v) is 12.4. The highest BCUT2D eigenvalue weighted by atomic mass is 16.5. The molecule has 0 radical (unpaired) electrons. The quantitative estimate of drug-likeness (QED) is 0.889. The Morgan fingerprint density at radius 2 is 2.13 bits per heavy atom. The number of carbonyl (C=O) groups excluding carboxylic acids is 1. The van der Waals surface area contributed by atoms with E-state index in [1.54, 1.807) is 11.0 Å². The number of morpholine rings is 1. The first-order valence-corrected chi connectivity index (χ1v) is 7.37. The number of nitrogens with zero attached hydrogens (tertiary/aromatic N) is 2. The maximum absolute atomic E-state index is 12.5. The van der Waals surface area contributed by atoms with Crippen LogP contribution in [0, 0.1) is 0 Å². The van der Waals surface area contributed by atoms with Crippen LogP contribution in [0.3, 0.4) is 0 Å². The maximum atomic E-state index is 12.5. The Bertz CT molecular complexity index is 698. The minimum absolute atomic E-state index is 0.109. The number of carboxylic acids is 1. The van der Waals surface area contributed by atoms with Crippen LogP contribution in [0.2, 0.25) is 0 Å². The van der Waals surface area contributed by atoms with Gasteiger partial charge in [0, 0.05) is 18.7 Å². The molecule has 23 heavy (non-hydrogen) atoms. The molecule has 2 aromatic rings. The van der Waals surface area contributed by atoms with E-state index in [1.165, 1.54) is 0 Å². The van der Waals surface area contributed by atoms with Gasteiger partial charge in [-0.15, -0.1) is 0 Å². The monoisotopic (exact) mass is 315 g/mol. The van der Waals surface area contributed by atoms with Crippen molar-refractivity contribution in [3.05, 3.63) is 42.1 Å². The number of aromatic amines is 1. The second-order valence-corrected chi connectivity index (χ2v) is 5.37. The summed E-state index contributed by atoms with van der Waals surface area (Å²) in [5.41, 5.74) is 2.01. The zero-order valence-electron chi connectivity index (χ0n) is 12.4. The summed E-state index contributed by atoms with van der Waals surface area (Å²) in [6.07, 6.45) is -0.580. The van der Waals surface area contributed by atoms with Crippen LogP contribution in [0.15, 0.2) is 36.4 Å². The largest absolute Gasteiger partial charge is 0.481 e. The first-order chi connectivity index (χ1) is 11.1. The molecule has 7 nitrogen and oxygen atoms in total. The van der Waals surface area contributed by atoms with Gasteiger partial charge in [-0.1, -0.05) is 30.3 Å². The molecule has 1 amide bonds. The molecule has 1 aliphatic rings. The zero-order chi connectivity index (χ0) is 16.2. The first-order valence-electron chi connectivity index (χ1n) is 7.37. The molecule has 0 aliphatic carbocycles. The van der Waals surface area contributed by atoms with Gasteiger partial charge < -0.3 is 14.7 Å². The Kier molecular flexibility index (Phi) is 4.38. The summed E-state index contributed by atoms with van der Waals surface area (Å²) in [7, 11) is 0. The molecule has 1 atom stereocenters. The second-order valence-electron chi connectivity index (χ2n) is 5.37.